The molecular formula is C15H23N3O. The van der Waals surface area contributed by atoms with Crippen LogP contribution < -0.4 is 5.32 Å². The smallest absolute Gasteiger partial charge is 0.0841 e. The molecule has 2 rings (SSSR count). The van der Waals surface area contributed by atoms with Gasteiger partial charge in [-0.15, -0.1) is 0 Å². The molecule has 19 heavy (non-hydrogen) atoms. The van der Waals surface area contributed by atoms with E-state index >= 15 is 0 Å². The van der Waals surface area contributed by atoms with E-state index in [1.165, 1.54) is 10.9 Å². The Bertz CT molecular complexity index is 545. The fourth-order valence-corrected chi connectivity index (χ4v) is 2.14. The molecule has 0 spiro atoms. The van der Waals surface area contributed by atoms with Gasteiger partial charge in [-0.2, -0.15) is 5.10 Å². The van der Waals surface area contributed by atoms with Crippen LogP contribution in [0.15, 0.2) is 24.3 Å². The lowest BCUT2D eigenvalue weighted by Gasteiger charge is -2.21. The minimum absolute atomic E-state index is 0.580. The van der Waals surface area contributed by atoms with Crippen LogP contribution >= 0.6 is 0 Å². The first-order valence-corrected chi connectivity index (χ1v) is 6.95. The van der Waals surface area contributed by atoms with E-state index in [4.69, 9.17) is 0 Å². The molecule has 1 unspecified atom stereocenters. The van der Waals surface area contributed by atoms with E-state index in [1.807, 2.05) is 30.7 Å². The van der Waals surface area contributed by atoms with E-state index in [2.05, 4.69) is 29.5 Å². The minimum atomic E-state index is -0.650. The van der Waals surface area contributed by atoms with Crippen LogP contribution in [0.3, 0.4) is 0 Å². The number of nitrogens with zero attached hydrogens (tertiary/aromatic N) is 2. The third-order valence-electron chi connectivity index (χ3n) is 3.59. The van der Waals surface area contributed by atoms with Gasteiger partial charge in [0.2, 0.25) is 0 Å². The number of fused-ring (bicyclic) bond motifs is 1. The predicted molar refractivity (Wildman–Crippen MR) is 78.0 cm³/mol. The second-order valence-electron chi connectivity index (χ2n) is 5.23. The molecule has 2 aromatic rings. The second kappa shape index (κ2) is 5.72. The van der Waals surface area contributed by atoms with Gasteiger partial charge in [-0.1, -0.05) is 25.1 Å². The van der Waals surface area contributed by atoms with Crippen molar-refractivity contribution in [3.63, 3.8) is 0 Å². The fraction of sp³-hybridized carbons (Fsp3) is 0.533. The van der Waals surface area contributed by atoms with Gasteiger partial charge in [0.1, 0.15) is 0 Å². The Morgan fingerprint density at radius 3 is 2.74 bits per heavy atom. The largest absolute Gasteiger partial charge is 0.389 e. The highest BCUT2D eigenvalue weighted by Crippen LogP contribution is 2.18. The fourth-order valence-electron chi connectivity index (χ4n) is 2.14. The second-order valence-corrected chi connectivity index (χ2v) is 5.23. The zero-order chi connectivity index (χ0) is 13.9. The molecule has 0 radical (unpaired) electrons. The van der Waals surface area contributed by atoms with E-state index in [0.29, 0.717) is 13.1 Å². The van der Waals surface area contributed by atoms with Gasteiger partial charge in [-0.05, 0) is 26.3 Å². The van der Waals surface area contributed by atoms with Gasteiger partial charge in [0.05, 0.1) is 16.8 Å². The SMILES string of the molecule is CCn1nc(CNCC(C)(O)CC)c2ccccc21. The van der Waals surface area contributed by atoms with Crippen molar-refractivity contribution >= 4 is 10.9 Å². The molecule has 0 aliphatic heterocycles. The summed E-state index contributed by atoms with van der Waals surface area (Å²) >= 11 is 0. The third kappa shape index (κ3) is 3.14. The summed E-state index contributed by atoms with van der Waals surface area (Å²) in [4.78, 5) is 0. The lowest BCUT2D eigenvalue weighted by molar-refractivity contribution is 0.0555. The number of hydrogen-bond donors (Lipinski definition) is 2. The lowest BCUT2D eigenvalue weighted by Crippen LogP contribution is -2.36. The Morgan fingerprint density at radius 1 is 1.32 bits per heavy atom. The number of aromatic nitrogens is 2. The van der Waals surface area contributed by atoms with Crippen molar-refractivity contribution in [1.29, 1.82) is 0 Å². The molecule has 0 saturated carbocycles. The predicted octanol–water partition coefficient (Wildman–Crippen LogP) is 2.31. The number of aliphatic hydroxyl groups is 1. The van der Waals surface area contributed by atoms with Crippen molar-refractivity contribution in [3.8, 4) is 0 Å². The van der Waals surface area contributed by atoms with Crippen molar-refractivity contribution in [2.75, 3.05) is 6.54 Å². The van der Waals surface area contributed by atoms with Crippen molar-refractivity contribution in [1.82, 2.24) is 15.1 Å². The molecule has 2 N–H and O–H groups in total. The zero-order valence-electron chi connectivity index (χ0n) is 12.0. The third-order valence-corrected chi connectivity index (χ3v) is 3.59. The van der Waals surface area contributed by atoms with Crippen molar-refractivity contribution in [2.45, 2.75) is 45.9 Å². The van der Waals surface area contributed by atoms with Crippen molar-refractivity contribution in [2.24, 2.45) is 0 Å². The first kappa shape index (κ1) is 14.0. The Kier molecular flexibility index (Phi) is 4.22. The van der Waals surface area contributed by atoms with E-state index in [1.54, 1.807) is 0 Å². The van der Waals surface area contributed by atoms with Gasteiger partial charge in [-0.3, -0.25) is 4.68 Å². The van der Waals surface area contributed by atoms with Crippen LogP contribution in [-0.2, 0) is 13.1 Å². The molecule has 104 valence electrons. The number of rotatable bonds is 6. The number of para-hydroxylation sites is 1. The van der Waals surface area contributed by atoms with Gasteiger partial charge < -0.3 is 10.4 Å². The van der Waals surface area contributed by atoms with Crippen LogP contribution in [0.1, 0.15) is 32.9 Å². The molecule has 0 amide bonds. The molecule has 4 nitrogen and oxygen atoms in total. The quantitative estimate of drug-likeness (QED) is 0.839. The maximum Gasteiger partial charge on any atom is 0.0841 e. The summed E-state index contributed by atoms with van der Waals surface area (Å²) in [6.07, 6.45) is 0.740. The average Bonchev–Trinajstić information content (AvgIpc) is 2.77. The van der Waals surface area contributed by atoms with Crippen LogP contribution in [0.5, 0.6) is 0 Å². The zero-order valence-corrected chi connectivity index (χ0v) is 12.0. The van der Waals surface area contributed by atoms with Crippen LogP contribution in [0.2, 0.25) is 0 Å². The topological polar surface area (TPSA) is 50.1 Å². The molecule has 4 heteroatoms. The summed E-state index contributed by atoms with van der Waals surface area (Å²) in [7, 11) is 0. The summed E-state index contributed by atoms with van der Waals surface area (Å²) in [5.74, 6) is 0. The van der Waals surface area contributed by atoms with Crippen LogP contribution in [-0.4, -0.2) is 27.0 Å². The monoisotopic (exact) mass is 261 g/mol. The molecule has 0 fully saturated rings. The Balaban J connectivity index is 2.13. The van der Waals surface area contributed by atoms with Crippen LogP contribution in [0.25, 0.3) is 10.9 Å². The highest BCUT2D eigenvalue weighted by Gasteiger charge is 2.17. The summed E-state index contributed by atoms with van der Waals surface area (Å²) in [6, 6.07) is 8.27. The molecule has 1 aromatic heterocycles. The summed E-state index contributed by atoms with van der Waals surface area (Å²) in [5, 5.41) is 19.1. The standard InChI is InChI=1S/C15H23N3O/c1-4-15(3,19)11-16-10-13-12-8-6-7-9-14(12)18(5-2)17-13/h6-9,16,19H,4-5,10-11H2,1-3H3. The Labute approximate surface area is 114 Å². The highest BCUT2D eigenvalue weighted by atomic mass is 16.3. The number of aryl methyl sites for hydroxylation is 1. The molecular weight excluding hydrogens is 238 g/mol. The molecule has 0 aliphatic rings. The molecule has 0 saturated heterocycles. The minimum Gasteiger partial charge on any atom is -0.389 e. The van der Waals surface area contributed by atoms with E-state index < -0.39 is 5.60 Å². The average molecular weight is 261 g/mol. The van der Waals surface area contributed by atoms with Gasteiger partial charge >= 0.3 is 0 Å². The van der Waals surface area contributed by atoms with E-state index in [9.17, 15) is 5.11 Å². The number of nitrogens with one attached hydrogen (secondary N) is 1. The Morgan fingerprint density at radius 2 is 2.05 bits per heavy atom. The van der Waals surface area contributed by atoms with E-state index in [0.717, 1.165) is 18.7 Å². The maximum absolute atomic E-state index is 9.98. The van der Waals surface area contributed by atoms with Gasteiger partial charge in [-0.25, -0.2) is 0 Å². The first-order chi connectivity index (χ1) is 9.07. The molecule has 1 atom stereocenters. The van der Waals surface area contributed by atoms with Gasteiger partial charge in [0.25, 0.3) is 0 Å². The van der Waals surface area contributed by atoms with Crippen molar-refractivity contribution in [3.05, 3.63) is 30.0 Å². The van der Waals surface area contributed by atoms with Gasteiger partial charge in [0, 0.05) is 25.0 Å². The van der Waals surface area contributed by atoms with Crippen LogP contribution in [0, 0.1) is 0 Å². The van der Waals surface area contributed by atoms with Gasteiger partial charge in [0.15, 0.2) is 0 Å². The van der Waals surface area contributed by atoms with E-state index in [-0.39, 0.29) is 0 Å². The molecule has 0 bridgehead atoms. The molecule has 1 aromatic carbocycles. The first-order valence-electron chi connectivity index (χ1n) is 6.95. The maximum atomic E-state index is 9.98. The highest BCUT2D eigenvalue weighted by molar-refractivity contribution is 5.81. The summed E-state index contributed by atoms with van der Waals surface area (Å²) < 4.78 is 2.02. The summed E-state index contributed by atoms with van der Waals surface area (Å²) in [6.45, 7) is 8.07. The lowest BCUT2D eigenvalue weighted by atomic mass is 10.0. The normalized spacial score (nSPS) is 14.7. The molecule has 1 heterocycles. The number of hydrogen-bond acceptors (Lipinski definition) is 3. The Hall–Kier alpha value is -1.39. The van der Waals surface area contributed by atoms with Crippen LogP contribution in [0.4, 0.5) is 0 Å². The number of benzene rings is 1. The molecule has 0 aliphatic carbocycles. The van der Waals surface area contributed by atoms with Crippen molar-refractivity contribution < 1.29 is 5.11 Å². The summed E-state index contributed by atoms with van der Waals surface area (Å²) in [5.41, 5.74) is 1.57.